The van der Waals surface area contributed by atoms with Gasteiger partial charge in [-0.3, -0.25) is 0 Å². The molecule has 2 N–H and O–H groups in total. The molecule has 120 valence electrons. The van der Waals surface area contributed by atoms with Crippen molar-refractivity contribution in [1.82, 2.24) is 10.2 Å². The molecule has 0 spiro atoms. The first-order chi connectivity index (χ1) is 10.1. The molecule has 1 aliphatic heterocycles. The lowest BCUT2D eigenvalue weighted by atomic mass is 9.95. The molecule has 0 aromatic carbocycles. The second-order valence-electron chi connectivity index (χ2n) is 6.01. The van der Waals surface area contributed by atoms with Gasteiger partial charge in [0.1, 0.15) is 6.04 Å². The Bertz CT molecular complexity index is 378. The third kappa shape index (κ3) is 4.28. The average molecular weight is 314 g/mol. The van der Waals surface area contributed by atoms with Crippen LogP contribution in [0.3, 0.4) is 0 Å². The minimum Gasteiger partial charge on any atom is -0.480 e. The molecular formula is C15H26N2O3S. The number of carbonyl (C=O) groups is 2. The molecule has 3 atom stereocenters. The summed E-state index contributed by atoms with van der Waals surface area (Å²) in [5.74, 6) is -0.878. The third-order valence-corrected chi connectivity index (χ3v) is 5.78. The lowest BCUT2D eigenvalue weighted by Gasteiger charge is -2.34. The van der Waals surface area contributed by atoms with E-state index >= 15 is 0 Å². The van der Waals surface area contributed by atoms with Gasteiger partial charge in [-0.2, -0.15) is 11.8 Å². The van der Waals surface area contributed by atoms with Crippen molar-refractivity contribution in [3.63, 3.8) is 0 Å². The van der Waals surface area contributed by atoms with Crippen molar-refractivity contribution < 1.29 is 14.7 Å². The zero-order chi connectivity index (χ0) is 15.2. The number of carbonyl (C=O) groups excluding carboxylic acids is 1. The van der Waals surface area contributed by atoms with E-state index < -0.39 is 12.0 Å². The highest BCUT2D eigenvalue weighted by Crippen LogP contribution is 2.27. The van der Waals surface area contributed by atoms with E-state index in [0.29, 0.717) is 18.2 Å². The minimum absolute atomic E-state index is 0.180. The Hall–Kier alpha value is -0.910. The minimum atomic E-state index is -0.878. The van der Waals surface area contributed by atoms with Crippen molar-refractivity contribution in [2.24, 2.45) is 0 Å². The van der Waals surface area contributed by atoms with E-state index in [9.17, 15) is 14.7 Å². The lowest BCUT2D eigenvalue weighted by molar-refractivity contribution is -0.142. The predicted octanol–water partition coefficient (Wildman–Crippen LogP) is 2.70. The van der Waals surface area contributed by atoms with Crippen LogP contribution in [-0.4, -0.2) is 52.1 Å². The van der Waals surface area contributed by atoms with Gasteiger partial charge in [0, 0.05) is 17.8 Å². The Kier molecular flexibility index (Phi) is 6.21. The molecule has 0 aromatic rings. The maximum atomic E-state index is 12.5. The van der Waals surface area contributed by atoms with Gasteiger partial charge in [-0.15, -0.1) is 0 Å². The molecule has 21 heavy (non-hydrogen) atoms. The van der Waals surface area contributed by atoms with Gasteiger partial charge in [-0.05, 0) is 31.9 Å². The summed E-state index contributed by atoms with van der Waals surface area (Å²) in [6.07, 6.45) is 9.94. The van der Waals surface area contributed by atoms with Crippen LogP contribution < -0.4 is 5.32 Å². The van der Waals surface area contributed by atoms with Gasteiger partial charge in [-0.1, -0.05) is 25.7 Å². The summed E-state index contributed by atoms with van der Waals surface area (Å²) in [7, 11) is 0. The Morgan fingerprint density at radius 1 is 1.10 bits per heavy atom. The van der Waals surface area contributed by atoms with Gasteiger partial charge in [0.15, 0.2) is 0 Å². The molecule has 2 rings (SSSR count). The maximum absolute atomic E-state index is 12.5. The van der Waals surface area contributed by atoms with E-state index in [0.717, 1.165) is 38.5 Å². The van der Waals surface area contributed by atoms with Crippen LogP contribution in [0.15, 0.2) is 0 Å². The summed E-state index contributed by atoms with van der Waals surface area (Å²) in [6, 6.07) is -0.669. The van der Waals surface area contributed by atoms with E-state index in [1.165, 1.54) is 6.42 Å². The molecule has 3 unspecified atom stereocenters. The van der Waals surface area contributed by atoms with Crippen LogP contribution in [0.4, 0.5) is 4.79 Å². The first-order valence-electron chi connectivity index (χ1n) is 7.96. The van der Waals surface area contributed by atoms with Crippen LogP contribution in [0.5, 0.6) is 0 Å². The molecular weight excluding hydrogens is 288 g/mol. The van der Waals surface area contributed by atoms with Crippen LogP contribution in [0.25, 0.3) is 0 Å². The van der Waals surface area contributed by atoms with E-state index in [1.54, 1.807) is 16.7 Å². The van der Waals surface area contributed by atoms with E-state index in [4.69, 9.17) is 0 Å². The fourth-order valence-corrected chi connectivity index (χ4v) is 4.33. The standard InChI is InChI=1S/C15H26N2O3S/c1-21-13-9-5-4-7-11(13)16-15(20)17-10-6-2-3-8-12(17)14(18)19/h11-13H,2-10H2,1H3,(H,16,20)(H,18,19). The Balaban J connectivity index is 2.00. The summed E-state index contributed by atoms with van der Waals surface area (Å²) in [5, 5.41) is 12.9. The predicted molar refractivity (Wildman–Crippen MR) is 84.7 cm³/mol. The number of amides is 2. The van der Waals surface area contributed by atoms with Crippen LogP contribution in [0.1, 0.15) is 51.4 Å². The van der Waals surface area contributed by atoms with Gasteiger partial charge in [-0.25, -0.2) is 9.59 Å². The van der Waals surface area contributed by atoms with Gasteiger partial charge >= 0.3 is 12.0 Å². The number of carboxylic acids is 1. The summed E-state index contributed by atoms with van der Waals surface area (Å²) in [4.78, 5) is 25.5. The molecule has 5 nitrogen and oxygen atoms in total. The zero-order valence-electron chi connectivity index (χ0n) is 12.7. The molecule has 1 heterocycles. The fourth-order valence-electron chi connectivity index (χ4n) is 3.39. The molecule has 1 saturated heterocycles. The van der Waals surface area contributed by atoms with Crippen LogP contribution in [0, 0.1) is 0 Å². The molecule has 0 bridgehead atoms. The Labute approximate surface area is 130 Å². The van der Waals surface area contributed by atoms with Gasteiger partial charge in [0.2, 0.25) is 0 Å². The zero-order valence-corrected chi connectivity index (χ0v) is 13.5. The average Bonchev–Trinajstić information content (AvgIpc) is 2.73. The monoisotopic (exact) mass is 314 g/mol. The fraction of sp³-hybridized carbons (Fsp3) is 0.867. The molecule has 2 fully saturated rings. The first-order valence-corrected chi connectivity index (χ1v) is 9.25. The third-order valence-electron chi connectivity index (χ3n) is 4.61. The van der Waals surface area contributed by atoms with Gasteiger partial charge in [0.05, 0.1) is 0 Å². The second kappa shape index (κ2) is 7.92. The normalized spacial score (nSPS) is 30.5. The number of nitrogens with zero attached hydrogens (tertiary/aromatic N) is 1. The van der Waals surface area contributed by atoms with Crippen molar-refractivity contribution in [3.05, 3.63) is 0 Å². The van der Waals surface area contributed by atoms with Crippen LogP contribution >= 0.6 is 11.8 Å². The summed E-state index contributed by atoms with van der Waals surface area (Å²) < 4.78 is 0. The van der Waals surface area contributed by atoms with Crippen LogP contribution in [-0.2, 0) is 4.79 Å². The number of hydrogen-bond donors (Lipinski definition) is 2. The molecule has 2 aliphatic rings. The molecule has 2 amide bonds. The SMILES string of the molecule is CSC1CCCCC1NC(=O)N1CCCCCC1C(=O)O. The summed E-state index contributed by atoms with van der Waals surface area (Å²) in [6.45, 7) is 0.555. The molecule has 0 radical (unpaired) electrons. The summed E-state index contributed by atoms with van der Waals surface area (Å²) >= 11 is 1.80. The quantitative estimate of drug-likeness (QED) is 0.840. The highest BCUT2D eigenvalue weighted by Gasteiger charge is 2.33. The lowest BCUT2D eigenvalue weighted by Crippen LogP contribution is -2.54. The number of nitrogens with one attached hydrogen (secondary N) is 1. The number of urea groups is 1. The largest absolute Gasteiger partial charge is 0.480 e. The number of thioether (sulfide) groups is 1. The topological polar surface area (TPSA) is 69.6 Å². The van der Waals surface area contributed by atoms with Gasteiger partial charge in [0.25, 0.3) is 0 Å². The number of hydrogen-bond acceptors (Lipinski definition) is 3. The van der Waals surface area contributed by atoms with E-state index in [2.05, 4.69) is 11.6 Å². The van der Waals surface area contributed by atoms with Crippen molar-refractivity contribution in [1.29, 1.82) is 0 Å². The molecule has 6 heteroatoms. The molecule has 0 aromatic heterocycles. The van der Waals surface area contributed by atoms with Gasteiger partial charge < -0.3 is 15.3 Å². The number of rotatable bonds is 3. The Morgan fingerprint density at radius 2 is 1.81 bits per heavy atom. The number of likely N-dealkylation sites (tertiary alicyclic amines) is 1. The van der Waals surface area contributed by atoms with Crippen molar-refractivity contribution in [2.45, 2.75) is 68.7 Å². The van der Waals surface area contributed by atoms with Crippen molar-refractivity contribution >= 4 is 23.8 Å². The van der Waals surface area contributed by atoms with Crippen molar-refractivity contribution in [3.8, 4) is 0 Å². The van der Waals surface area contributed by atoms with E-state index in [-0.39, 0.29) is 12.1 Å². The Morgan fingerprint density at radius 3 is 2.52 bits per heavy atom. The van der Waals surface area contributed by atoms with Crippen molar-refractivity contribution in [2.75, 3.05) is 12.8 Å². The maximum Gasteiger partial charge on any atom is 0.326 e. The van der Waals surface area contributed by atoms with E-state index in [1.807, 2.05) is 0 Å². The second-order valence-corrected chi connectivity index (χ2v) is 7.09. The number of aliphatic carboxylic acids is 1. The highest BCUT2D eigenvalue weighted by atomic mass is 32.2. The smallest absolute Gasteiger partial charge is 0.326 e. The molecule has 1 aliphatic carbocycles. The number of carboxylic acid groups (broad SMARTS) is 1. The highest BCUT2D eigenvalue weighted by molar-refractivity contribution is 7.99. The molecule has 1 saturated carbocycles. The summed E-state index contributed by atoms with van der Waals surface area (Å²) in [5.41, 5.74) is 0. The van der Waals surface area contributed by atoms with Crippen LogP contribution in [0.2, 0.25) is 0 Å². The first kappa shape index (κ1) is 16.5.